The molecule has 2 N–H and O–H groups in total. The molecule has 2 aromatic carbocycles. The lowest BCUT2D eigenvalue weighted by atomic mass is 10.0. The van der Waals surface area contributed by atoms with Gasteiger partial charge in [-0.3, -0.25) is 0 Å². The minimum Gasteiger partial charge on any atom is -0.497 e. The highest BCUT2D eigenvalue weighted by Gasteiger charge is 2.17. The number of halogens is 1. The Morgan fingerprint density at radius 2 is 1.86 bits per heavy atom. The third-order valence-corrected chi connectivity index (χ3v) is 3.20. The SMILES string of the molecule is COc1ccc(-c2c(-c3cccc(F)c3)noc2N)cc1. The van der Waals surface area contributed by atoms with E-state index in [-0.39, 0.29) is 11.7 Å². The van der Waals surface area contributed by atoms with E-state index in [1.165, 1.54) is 12.1 Å². The predicted molar refractivity (Wildman–Crippen MR) is 78.3 cm³/mol. The fourth-order valence-electron chi connectivity index (χ4n) is 2.17. The molecule has 5 heteroatoms. The molecule has 4 nitrogen and oxygen atoms in total. The van der Waals surface area contributed by atoms with Gasteiger partial charge in [-0.05, 0) is 29.8 Å². The van der Waals surface area contributed by atoms with E-state index in [1.54, 1.807) is 19.2 Å². The number of ether oxygens (including phenoxy) is 1. The van der Waals surface area contributed by atoms with Crippen LogP contribution >= 0.6 is 0 Å². The quantitative estimate of drug-likeness (QED) is 0.796. The summed E-state index contributed by atoms with van der Waals surface area (Å²) < 4.78 is 23.6. The van der Waals surface area contributed by atoms with Crippen molar-refractivity contribution in [1.29, 1.82) is 0 Å². The van der Waals surface area contributed by atoms with Gasteiger partial charge in [0.25, 0.3) is 0 Å². The summed E-state index contributed by atoms with van der Waals surface area (Å²) in [5.74, 6) is 0.593. The van der Waals surface area contributed by atoms with Crippen molar-refractivity contribution in [3.63, 3.8) is 0 Å². The standard InChI is InChI=1S/C16H13FN2O2/c1-20-13-7-5-10(6-8-13)14-15(19-21-16(14)18)11-3-2-4-12(17)9-11/h2-9H,18H2,1H3. The Morgan fingerprint density at radius 3 is 2.52 bits per heavy atom. The number of nitrogens with zero attached hydrogens (tertiary/aromatic N) is 1. The van der Waals surface area contributed by atoms with Crippen molar-refractivity contribution in [3.8, 4) is 28.1 Å². The first-order valence-electron chi connectivity index (χ1n) is 6.34. The number of anilines is 1. The van der Waals surface area contributed by atoms with Gasteiger partial charge < -0.3 is 15.0 Å². The zero-order valence-electron chi connectivity index (χ0n) is 11.3. The Hall–Kier alpha value is -2.82. The maximum atomic E-state index is 13.4. The second kappa shape index (κ2) is 5.28. The molecule has 0 spiro atoms. The Labute approximate surface area is 120 Å². The van der Waals surface area contributed by atoms with Crippen molar-refractivity contribution >= 4 is 5.88 Å². The fourth-order valence-corrected chi connectivity index (χ4v) is 2.17. The van der Waals surface area contributed by atoms with Gasteiger partial charge in [-0.25, -0.2) is 4.39 Å². The number of aromatic nitrogens is 1. The van der Waals surface area contributed by atoms with Gasteiger partial charge in [0.2, 0.25) is 5.88 Å². The van der Waals surface area contributed by atoms with E-state index < -0.39 is 0 Å². The first-order chi connectivity index (χ1) is 10.2. The van der Waals surface area contributed by atoms with E-state index in [1.807, 2.05) is 24.3 Å². The lowest BCUT2D eigenvalue weighted by Crippen LogP contribution is -1.89. The molecule has 1 aromatic heterocycles. The lowest BCUT2D eigenvalue weighted by molar-refractivity contribution is 0.415. The average Bonchev–Trinajstić information content (AvgIpc) is 2.89. The van der Waals surface area contributed by atoms with Gasteiger partial charge in [-0.1, -0.05) is 29.4 Å². The van der Waals surface area contributed by atoms with Crippen molar-refractivity contribution < 1.29 is 13.7 Å². The van der Waals surface area contributed by atoms with Crippen molar-refractivity contribution in [1.82, 2.24) is 5.16 Å². The highest BCUT2D eigenvalue weighted by atomic mass is 19.1. The van der Waals surface area contributed by atoms with Crippen LogP contribution in [0.2, 0.25) is 0 Å². The summed E-state index contributed by atoms with van der Waals surface area (Å²) in [5.41, 5.74) is 8.46. The van der Waals surface area contributed by atoms with Gasteiger partial charge in [0.05, 0.1) is 12.7 Å². The predicted octanol–water partition coefficient (Wildman–Crippen LogP) is 3.74. The van der Waals surface area contributed by atoms with E-state index in [0.29, 0.717) is 16.8 Å². The van der Waals surface area contributed by atoms with E-state index in [4.69, 9.17) is 15.0 Å². The third kappa shape index (κ3) is 2.45. The van der Waals surface area contributed by atoms with Crippen LogP contribution in [0.3, 0.4) is 0 Å². The number of rotatable bonds is 3. The smallest absolute Gasteiger partial charge is 0.230 e. The van der Waals surface area contributed by atoms with E-state index in [2.05, 4.69) is 5.16 Å². The largest absolute Gasteiger partial charge is 0.497 e. The topological polar surface area (TPSA) is 61.3 Å². The Balaban J connectivity index is 2.12. The first-order valence-corrected chi connectivity index (χ1v) is 6.34. The number of methoxy groups -OCH3 is 1. The maximum absolute atomic E-state index is 13.4. The minimum absolute atomic E-state index is 0.194. The number of hydrogen-bond acceptors (Lipinski definition) is 4. The summed E-state index contributed by atoms with van der Waals surface area (Å²) in [6.07, 6.45) is 0. The van der Waals surface area contributed by atoms with Gasteiger partial charge in [0.1, 0.15) is 17.3 Å². The molecule has 0 radical (unpaired) electrons. The van der Waals surface area contributed by atoms with E-state index in [9.17, 15) is 4.39 Å². The van der Waals surface area contributed by atoms with Crippen LogP contribution in [0.4, 0.5) is 10.3 Å². The molecule has 0 saturated heterocycles. The normalized spacial score (nSPS) is 10.6. The zero-order valence-corrected chi connectivity index (χ0v) is 11.3. The summed E-state index contributed by atoms with van der Waals surface area (Å²) >= 11 is 0. The summed E-state index contributed by atoms with van der Waals surface area (Å²) in [7, 11) is 1.60. The van der Waals surface area contributed by atoms with Crippen LogP contribution in [-0.2, 0) is 0 Å². The van der Waals surface area contributed by atoms with Crippen LogP contribution in [0.15, 0.2) is 53.1 Å². The van der Waals surface area contributed by atoms with Crippen molar-refractivity contribution in [3.05, 3.63) is 54.3 Å². The molecule has 0 aliphatic heterocycles. The molecule has 0 bridgehead atoms. The molecule has 0 saturated carbocycles. The number of nitrogens with two attached hydrogens (primary N) is 1. The molecule has 0 unspecified atom stereocenters. The molecule has 0 aliphatic carbocycles. The molecule has 3 rings (SSSR count). The molecule has 0 amide bonds. The molecular weight excluding hydrogens is 271 g/mol. The summed E-state index contributed by atoms with van der Waals surface area (Å²) in [4.78, 5) is 0. The van der Waals surface area contributed by atoms with Gasteiger partial charge >= 0.3 is 0 Å². The number of hydrogen-bond donors (Lipinski definition) is 1. The fraction of sp³-hybridized carbons (Fsp3) is 0.0625. The second-order valence-electron chi connectivity index (χ2n) is 4.51. The van der Waals surface area contributed by atoms with Gasteiger partial charge in [-0.2, -0.15) is 0 Å². The van der Waals surface area contributed by atoms with Crippen LogP contribution in [-0.4, -0.2) is 12.3 Å². The molecular formula is C16H13FN2O2. The Kier molecular flexibility index (Phi) is 3.31. The highest BCUT2D eigenvalue weighted by molar-refractivity contribution is 5.86. The first kappa shape index (κ1) is 13.2. The molecule has 0 fully saturated rings. The molecule has 3 aromatic rings. The maximum Gasteiger partial charge on any atom is 0.230 e. The molecule has 21 heavy (non-hydrogen) atoms. The molecule has 0 aliphatic rings. The Bertz CT molecular complexity index is 766. The Morgan fingerprint density at radius 1 is 1.10 bits per heavy atom. The van der Waals surface area contributed by atoms with Crippen molar-refractivity contribution in [2.45, 2.75) is 0 Å². The molecule has 0 atom stereocenters. The highest BCUT2D eigenvalue weighted by Crippen LogP contribution is 2.36. The minimum atomic E-state index is -0.338. The van der Waals surface area contributed by atoms with Crippen LogP contribution in [0.1, 0.15) is 0 Å². The zero-order chi connectivity index (χ0) is 14.8. The van der Waals surface area contributed by atoms with E-state index >= 15 is 0 Å². The average molecular weight is 284 g/mol. The van der Waals surface area contributed by atoms with Crippen LogP contribution < -0.4 is 10.5 Å². The van der Waals surface area contributed by atoms with Crippen LogP contribution in [0.25, 0.3) is 22.4 Å². The van der Waals surface area contributed by atoms with Gasteiger partial charge in [-0.15, -0.1) is 0 Å². The summed E-state index contributed by atoms with van der Waals surface area (Å²) in [6, 6.07) is 13.5. The van der Waals surface area contributed by atoms with E-state index in [0.717, 1.165) is 11.3 Å². The number of benzene rings is 2. The second-order valence-corrected chi connectivity index (χ2v) is 4.51. The van der Waals surface area contributed by atoms with Crippen molar-refractivity contribution in [2.24, 2.45) is 0 Å². The molecule has 1 heterocycles. The molecule has 106 valence electrons. The third-order valence-electron chi connectivity index (χ3n) is 3.20. The monoisotopic (exact) mass is 284 g/mol. The summed E-state index contributed by atoms with van der Waals surface area (Å²) in [6.45, 7) is 0. The van der Waals surface area contributed by atoms with Crippen molar-refractivity contribution in [2.75, 3.05) is 12.8 Å². The van der Waals surface area contributed by atoms with Gasteiger partial charge in [0, 0.05) is 5.56 Å². The van der Waals surface area contributed by atoms with Crippen LogP contribution in [0, 0.1) is 5.82 Å². The number of nitrogen functional groups attached to an aromatic ring is 1. The summed E-state index contributed by atoms with van der Waals surface area (Å²) in [5, 5.41) is 3.95. The van der Waals surface area contributed by atoms with Crippen LogP contribution in [0.5, 0.6) is 5.75 Å². The van der Waals surface area contributed by atoms with Gasteiger partial charge in [0.15, 0.2) is 0 Å². The lowest BCUT2D eigenvalue weighted by Gasteiger charge is -2.04.